The lowest BCUT2D eigenvalue weighted by molar-refractivity contribution is -0.122. The number of anilines is 1. The van der Waals surface area contributed by atoms with Gasteiger partial charge in [0.25, 0.3) is 0 Å². The Bertz CT molecular complexity index is 758. The quantitative estimate of drug-likeness (QED) is 0.847. The molecule has 6 heteroatoms. The third-order valence-corrected chi connectivity index (χ3v) is 3.82. The molecule has 25 heavy (non-hydrogen) atoms. The van der Waals surface area contributed by atoms with E-state index in [0.29, 0.717) is 36.6 Å². The first kappa shape index (κ1) is 16.8. The van der Waals surface area contributed by atoms with Crippen molar-refractivity contribution >= 4 is 17.5 Å². The van der Waals surface area contributed by atoms with Crippen molar-refractivity contribution in [1.29, 1.82) is 0 Å². The molecule has 2 aromatic rings. The van der Waals surface area contributed by atoms with E-state index in [4.69, 9.17) is 9.47 Å². The van der Waals surface area contributed by atoms with Crippen LogP contribution < -0.4 is 20.1 Å². The summed E-state index contributed by atoms with van der Waals surface area (Å²) in [7, 11) is 0. The number of hydrogen-bond acceptors (Lipinski definition) is 4. The Labute approximate surface area is 146 Å². The monoisotopic (exact) mass is 340 g/mol. The van der Waals surface area contributed by atoms with Crippen molar-refractivity contribution in [3.05, 3.63) is 48.5 Å². The van der Waals surface area contributed by atoms with Crippen LogP contribution in [-0.2, 0) is 9.59 Å². The Hall–Kier alpha value is -3.02. The highest BCUT2D eigenvalue weighted by atomic mass is 16.5. The van der Waals surface area contributed by atoms with Crippen molar-refractivity contribution in [3.63, 3.8) is 0 Å². The Morgan fingerprint density at radius 2 is 1.88 bits per heavy atom. The highest BCUT2D eigenvalue weighted by Gasteiger charge is 2.27. The molecule has 6 nitrogen and oxygen atoms in total. The van der Waals surface area contributed by atoms with E-state index in [1.54, 1.807) is 24.3 Å². The lowest BCUT2D eigenvalue weighted by atomic mass is 10.2. The SMILES string of the molecule is CCOc1ccc(Oc2ccccc2NC(=O)[C@H]2CCC(=O)N2)cc1. The second-order valence-corrected chi connectivity index (χ2v) is 5.65. The number of hydrogen-bond donors (Lipinski definition) is 2. The Kier molecular flexibility index (Phi) is 5.18. The van der Waals surface area contributed by atoms with E-state index in [1.807, 2.05) is 31.2 Å². The first-order valence-electron chi connectivity index (χ1n) is 8.25. The van der Waals surface area contributed by atoms with E-state index in [0.717, 1.165) is 5.75 Å². The smallest absolute Gasteiger partial charge is 0.247 e. The van der Waals surface area contributed by atoms with Gasteiger partial charge >= 0.3 is 0 Å². The number of carbonyl (C=O) groups is 2. The highest BCUT2D eigenvalue weighted by molar-refractivity contribution is 5.99. The molecule has 0 aliphatic carbocycles. The molecular formula is C19H20N2O4. The fourth-order valence-electron chi connectivity index (χ4n) is 2.59. The van der Waals surface area contributed by atoms with E-state index >= 15 is 0 Å². The molecule has 0 unspecified atom stereocenters. The number of nitrogens with one attached hydrogen (secondary N) is 2. The fourth-order valence-corrected chi connectivity index (χ4v) is 2.59. The number of amides is 2. The molecule has 1 heterocycles. The third-order valence-electron chi connectivity index (χ3n) is 3.82. The Balaban J connectivity index is 1.70. The van der Waals surface area contributed by atoms with Gasteiger partial charge in [0.1, 0.15) is 17.5 Å². The van der Waals surface area contributed by atoms with Crippen LogP contribution in [0.5, 0.6) is 17.2 Å². The molecule has 1 atom stereocenters. The van der Waals surface area contributed by atoms with Crippen LogP contribution in [-0.4, -0.2) is 24.5 Å². The maximum absolute atomic E-state index is 12.3. The zero-order chi connectivity index (χ0) is 17.6. The number of ether oxygens (including phenoxy) is 2. The second kappa shape index (κ2) is 7.70. The molecule has 130 valence electrons. The summed E-state index contributed by atoms with van der Waals surface area (Å²) < 4.78 is 11.3. The van der Waals surface area contributed by atoms with Crippen LogP contribution in [0.4, 0.5) is 5.69 Å². The molecule has 2 N–H and O–H groups in total. The van der Waals surface area contributed by atoms with Gasteiger partial charge in [-0.2, -0.15) is 0 Å². The van der Waals surface area contributed by atoms with Gasteiger partial charge in [-0.05, 0) is 49.7 Å². The summed E-state index contributed by atoms with van der Waals surface area (Å²) in [6.07, 6.45) is 0.884. The second-order valence-electron chi connectivity index (χ2n) is 5.65. The summed E-state index contributed by atoms with van der Waals surface area (Å²) >= 11 is 0. The zero-order valence-electron chi connectivity index (χ0n) is 14.0. The third kappa shape index (κ3) is 4.29. The molecular weight excluding hydrogens is 320 g/mol. The Morgan fingerprint density at radius 1 is 1.16 bits per heavy atom. The van der Waals surface area contributed by atoms with Gasteiger partial charge < -0.3 is 20.1 Å². The average Bonchev–Trinajstić information content (AvgIpc) is 3.05. The zero-order valence-corrected chi connectivity index (χ0v) is 14.0. The van der Waals surface area contributed by atoms with Crippen LogP contribution in [0.15, 0.2) is 48.5 Å². The molecule has 1 aliphatic rings. The molecule has 2 amide bonds. The summed E-state index contributed by atoms with van der Waals surface area (Å²) in [6, 6.07) is 14.0. The standard InChI is InChI=1S/C19H20N2O4/c1-2-24-13-7-9-14(10-8-13)25-17-6-4-3-5-15(17)21-19(23)16-11-12-18(22)20-16/h3-10,16H,2,11-12H2,1H3,(H,20,22)(H,21,23)/t16-/m1/s1. The van der Waals surface area contributed by atoms with Gasteiger partial charge in [0.2, 0.25) is 11.8 Å². The van der Waals surface area contributed by atoms with E-state index in [1.165, 1.54) is 0 Å². The van der Waals surface area contributed by atoms with Crippen molar-refractivity contribution in [3.8, 4) is 17.2 Å². The summed E-state index contributed by atoms with van der Waals surface area (Å²) in [5, 5.41) is 5.48. The van der Waals surface area contributed by atoms with E-state index in [-0.39, 0.29) is 11.8 Å². The maximum Gasteiger partial charge on any atom is 0.247 e. The minimum absolute atomic E-state index is 0.0981. The van der Waals surface area contributed by atoms with E-state index in [2.05, 4.69) is 10.6 Å². The predicted octanol–water partition coefficient (Wildman–Crippen LogP) is 3.09. The minimum atomic E-state index is -0.494. The van der Waals surface area contributed by atoms with Crippen molar-refractivity contribution < 1.29 is 19.1 Å². The van der Waals surface area contributed by atoms with Crippen molar-refractivity contribution in [2.45, 2.75) is 25.8 Å². The lowest BCUT2D eigenvalue weighted by Crippen LogP contribution is -2.37. The molecule has 0 bridgehead atoms. The van der Waals surface area contributed by atoms with Crippen LogP contribution in [0.2, 0.25) is 0 Å². The molecule has 0 saturated carbocycles. The molecule has 2 aromatic carbocycles. The molecule has 1 saturated heterocycles. The number of rotatable bonds is 6. The van der Waals surface area contributed by atoms with E-state index in [9.17, 15) is 9.59 Å². The Morgan fingerprint density at radius 3 is 2.56 bits per heavy atom. The molecule has 3 rings (SSSR count). The van der Waals surface area contributed by atoms with Gasteiger partial charge in [0, 0.05) is 6.42 Å². The van der Waals surface area contributed by atoms with Gasteiger partial charge in [-0.15, -0.1) is 0 Å². The largest absolute Gasteiger partial charge is 0.494 e. The topological polar surface area (TPSA) is 76.7 Å². The van der Waals surface area contributed by atoms with Crippen LogP contribution in [0, 0.1) is 0 Å². The summed E-state index contributed by atoms with van der Waals surface area (Å²) in [5.41, 5.74) is 0.558. The van der Waals surface area contributed by atoms with Crippen molar-refractivity contribution in [2.75, 3.05) is 11.9 Å². The first-order chi connectivity index (χ1) is 12.2. The van der Waals surface area contributed by atoms with Crippen LogP contribution in [0.1, 0.15) is 19.8 Å². The maximum atomic E-state index is 12.3. The molecule has 0 spiro atoms. The number of para-hydroxylation sites is 2. The molecule has 0 radical (unpaired) electrons. The molecule has 1 fully saturated rings. The summed E-state index contributed by atoms with van der Waals surface area (Å²) in [5.74, 6) is 1.60. The van der Waals surface area contributed by atoms with Gasteiger partial charge in [0.05, 0.1) is 12.3 Å². The van der Waals surface area contributed by atoms with Gasteiger partial charge in [0.15, 0.2) is 5.75 Å². The van der Waals surface area contributed by atoms with Crippen molar-refractivity contribution in [2.24, 2.45) is 0 Å². The van der Waals surface area contributed by atoms with Gasteiger partial charge in [-0.3, -0.25) is 9.59 Å². The van der Waals surface area contributed by atoms with Crippen LogP contribution >= 0.6 is 0 Å². The normalized spacial score (nSPS) is 16.2. The van der Waals surface area contributed by atoms with Crippen LogP contribution in [0.25, 0.3) is 0 Å². The fraction of sp³-hybridized carbons (Fsp3) is 0.263. The average molecular weight is 340 g/mol. The summed E-state index contributed by atoms with van der Waals surface area (Å²) in [4.78, 5) is 23.6. The number of benzene rings is 2. The van der Waals surface area contributed by atoms with Crippen molar-refractivity contribution in [1.82, 2.24) is 5.32 Å². The lowest BCUT2D eigenvalue weighted by Gasteiger charge is -2.15. The first-order valence-corrected chi connectivity index (χ1v) is 8.25. The summed E-state index contributed by atoms with van der Waals surface area (Å²) in [6.45, 7) is 2.53. The van der Waals surface area contributed by atoms with Gasteiger partial charge in [-0.25, -0.2) is 0 Å². The van der Waals surface area contributed by atoms with Gasteiger partial charge in [-0.1, -0.05) is 12.1 Å². The molecule has 1 aliphatic heterocycles. The predicted molar refractivity (Wildman–Crippen MR) is 93.9 cm³/mol. The van der Waals surface area contributed by atoms with E-state index < -0.39 is 6.04 Å². The molecule has 0 aromatic heterocycles. The number of carbonyl (C=O) groups excluding carboxylic acids is 2. The minimum Gasteiger partial charge on any atom is -0.494 e. The highest BCUT2D eigenvalue weighted by Crippen LogP contribution is 2.30. The van der Waals surface area contributed by atoms with Crippen LogP contribution in [0.3, 0.4) is 0 Å².